The minimum absolute atomic E-state index is 0.117. The molecule has 0 aromatic heterocycles. The van der Waals surface area contributed by atoms with Gasteiger partial charge >= 0.3 is 5.97 Å². The van der Waals surface area contributed by atoms with Crippen molar-refractivity contribution >= 4 is 5.97 Å². The fraction of sp³-hybridized carbons (Fsp3) is 0.778. The predicted molar refractivity (Wildman–Crippen MR) is 86.8 cm³/mol. The summed E-state index contributed by atoms with van der Waals surface area (Å²) >= 11 is 0. The minimum Gasteiger partial charge on any atom is -0.462 e. The zero-order valence-corrected chi connectivity index (χ0v) is 13.7. The second-order valence-electron chi connectivity index (χ2n) is 5.62. The molecule has 0 saturated carbocycles. The molecule has 0 aliphatic rings. The van der Waals surface area contributed by atoms with Crippen LogP contribution in [-0.2, 0) is 9.53 Å². The lowest BCUT2D eigenvalue weighted by atomic mass is 10.1. The molecular weight excluding hydrogens is 262 g/mol. The van der Waals surface area contributed by atoms with E-state index in [1.807, 2.05) is 0 Å². The SMILES string of the molecule is C=C(C#N)C(=O)OCCCCCCCCCCCCCC. The maximum Gasteiger partial charge on any atom is 0.348 e. The summed E-state index contributed by atoms with van der Waals surface area (Å²) in [4.78, 5) is 11.1. The van der Waals surface area contributed by atoms with E-state index in [9.17, 15) is 4.79 Å². The van der Waals surface area contributed by atoms with E-state index in [0.29, 0.717) is 6.61 Å². The van der Waals surface area contributed by atoms with Gasteiger partial charge in [0.1, 0.15) is 11.6 Å². The summed E-state index contributed by atoms with van der Waals surface area (Å²) in [5, 5.41) is 8.46. The van der Waals surface area contributed by atoms with Crippen molar-refractivity contribution in [2.45, 2.75) is 84.0 Å². The lowest BCUT2D eigenvalue weighted by molar-refractivity contribution is -0.138. The van der Waals surface area contributed by atoms with E-state index in [0.717, 1.165) is 12.8 Å². The number of nitrogens with zero attached hydrogens (tertiary/aromatic N) is 1. The maximum atomic E-state index is 11.1. The first-order chi connectivity index (χ1) is 10.2. The van der Waals surface area contributed by atoms with E-state index >= 15 is 0 Å². The maximum absolute atomic E-state index is 11.1. The molecule has 0 unspecified atom stereocenters. The molecule has 3 nitrogen and oxygen atoms in total. The molecule has 0 atom stereocenters. The number of carbonyl (C=O) groups is 1. The van der Waals surface area contributed by atoms with Crippen LogP contribution in [0.3, 0.4) is 0 Å². The van der Waals surface area contributed by atoms with Crippen molar-refractivity contribution in [2.24, 2.45) is 0 Å². The van der Waals surface area contributed by atoms with Crippen LogP contribution in [0.5, 0.6) is 0 Å². The monoisotopic (exact) mass is 293 g/mol. The van der Waals surface area contributed by atoms with E-state index in [-0.39, 0.29) is 5.57 Å². The van der Waals surface area contributed by atoms with Gasteiger partial charge in [-0.05, 0) is 6.42 Å². The molecule has 0 radical (unpaired) electrons. The first-order valence-corrected chi connectivity index (χ1v) is 8.48. The largest absolute Gasteiger partial charge is 0.462 e. The number of ether oxygens (including phenoxy) is 1. The summed E-state index contributed by atoms with van der Waals surface area (Å²) in [6.07, 6.45) is 15.4. The van der Waals surface area contributed by atoms with Crippen LogP contribution in [0.1, 0.15) is 84.0 Å². The normalized spacial score (nSPS) is 10.1. The topological polar surface area (TPSA) is 50.1 Å². The Hall–Kier alpha value is -1.30. The average Bonchev–Trinajstić information content (AvgIpc) is 2.50. The lowest BCUT2D eigenvalue weighted by Gasteiger charge is -2.04. The number of hydrogen-bond acceptors (Lipinski definition) is 3. The smallest absolute Gasteiger partial charge is 0.348 e. The molecule has 0 N–H and O–H groups in total. The van der Waals surface area contributed by atoms with Crippen LogP contribution in [0.15, 0.2) is 12.2 Å². The Morgan fingerprint density at radius 1 is 0.905 bits per heavy atom. The second kappa shape index (κ2) is 15.1. The molecule has 0 saturated heterocycles. The highest BCUT2D eigenvalue weighted by molar-refractivity contribution is 5.91. The molecule has 0 fully saturated rings. The van der Waals surface area contributed by atoms with Crippen LogP contribution in [0.25, 0.3) is 0 Å². The Morgan fingerprint density at radius 2 is 1.33 bits per heavy atom. The van der Waals surface area contributed by atoms with Crippen molar-refractivity contribution in [3.05, 3.63) is 12.2 Å². The predicted octanol–water partition coefficient (Wildman–Crippen LogP) is 5.31. The van der Waals surface area contributed by atoms with Crippen molar-refractivity contribution in [2.75, 3.05) is 6.61 Å². The molecule has 0 rings (SSSR count). The fourth-order valence-corrected chi connectivity index (χ4v) is 2.24. The van der Waals surface area contributed by atoms with Gasteiger partial charge < -0.3 is 4.74 Å². The third kappa shape index (κ3) is 13.4. The standard InChI is InChI=1S/C18H31NO2/c1-3-4-5-6-7-8-9-10-11-12-13-14-15-21-18(20)17(2)16-19/h2-15H2,1H3. The molecule has 120 valence electrons. The Balaban J connectivity index is 3.14. The first kappa shape index (κ1) is 19.7. The van der Waals surface area contributed by atoms with Gasteiger partial charge in [0.2, 0.25) is 0 Å². The molecule has 0 spiro atoms. The Kier molecular flexibility index (Phi) is 14.2. The van der Waals surface area contributed by atoms with Crippen LogP contribution < -0.4 is 0 Å². The summed E-state index contributed by atoms with van der Waals surface area (Å²) in [6.45, 7) is 5.97. The Morgan fingerprint density at radius 3 is 1.76 bits per heavy atom. The molecule has 0 aromatic rings. The van der Waals surface area contributed by atoms with Crippen LogP contribution in [0, 0.1) is 11.3 Å². The second-order valence-corrected chi connectivity index (χ2v) is 5.62. The van der Waals surface area contributed by atoms with E-state index in [1.165, 1.54) is 64.2 Å². The van der Waals surface area contributed by atoms with Crippen molar-refractivity contribution in [1.82, 2.24) is 0 Å². The van der Waals surface area contributed by atoms with Gasteiger partial charge in [-0.1, -0.05) is 84.1 Å². The van der Waals surface area contributed by atoms with Crippen LogP contribution in [0.4, 0.5) is 0 Å². The molecule has 0 bridgehead atoms. The third-order valence-corrected chi connectivity index (χ3v) is 3.61. The third-order valence-electron chi connectivity index (χ3n) is 3.61. The molecule has 21 heavy (non-hydrogen) atoms. The van der Waals surface area contributed by atoms with Crippen LogP contribution in [-0.4, -0.2) is 12.6 Å². The fourth-order valence-electron chi connectivity index (χ4n) is 2.24. The molecule has 0 aliphatic carbocycles. The summed E-state index contributed by atoms with van der Waals surface area (Å²) in [6, 6.07) is 1.69. The summed E-state index contributed by atoms with van der Waals surface area (Å²) in [5.41, 5.74) is -0.117. The highest BCUT2D eigenvalue weighted by atomic mass is 16.5. The molecular formula is C18H31NO2. The van der Waals surface area contributed by atoms with Crippen LogP contribution in [0.2, 0.25) is 0 Å². The van der Waals surface area contributed by atoms with Crippen LogP contribution >= 0.6 is 0 Å². The zero-order chi connectivity index (χ0) is 15.8. The molecule has 0 heterocycles. The van der Waals surface area contributed by atoms with Gasteiger partial charge in [-0.3, -0.25) is 0 Å². The summed E-state index contributed by atoms with van der Waals surface area (Å²) in [5.74, 6) is -0.583. The van der Waals surface area contributed by atoms with Crippen molar-refractivity contribution < 1.29 is 9.53 Å². The van der Waals surface area contributed by atoms with E-state index in [1.54, 1.807) is 6.07 Å². The minimum atomic E-state index is -0.583. The number of rotatable bonds is 14. The molecule has 3 heteroatoms. The average molecular weight is 293 g/mol. The summed E-state index contributed by atoms with van der Waals surface area (Å²) in [7, 11) is 0. The van der Waals surface area contributed by atoms with Gasteiger partial charge in [0.15, 0.2) is 0 Å². The quantitative estimate of drug-likeness (QED) is 0.189. The van der Waals surface area contributed by atoms with Gasteiger partial charge in [-0.2, -0.15) is 5.26 Å². The van der Waals surface area contributed by atoms with Crippen molar-refractivity contribution in [1.29, 1.82) is 5.26 Å². The highest BCUT2D eigenvalue weighted by Gasteiger charge is 2.06. The molecule has 0 amide bonds. The Bertz CT molecular complexity index is 318. The van der Waals surface area contributed by atoms with Gasteiger partial charge in [-0.15, -0.1) is 0 Å². The number of carbonyl (C=O) groups excluding carboxylic acids is 1. The van der Waals surface area contributed by atoms with Gasteiger partial charge in [0, 0.05) is 0 Å². The van der Waals surface area contributed by atoms with E-state index in [2.05, 4.69) is 13.5 Å². The van der Waals surface area contributed by atoms with Crippen molar-refractivity contribution in [3.63, 3.8) is 0 Å². The molecule has 0 aliphatic heterocycles. The lowest BCUT2D eigenvalue weighted by Crippen LogP contribution is -2.06. The van der Waals surface area contributed by atoms with E-state index in [4.69, 9.17) is 10.00 Å². The first-order valence-electron chi connectivity index (χ1n) is 8.48. The number of unbranched alkanes of at least 4 members (excludes halogenated alkanes) is 11. The van der Waals surface area contributed by atoms with E-state index < -0.39 is 5.97 Å². The summed E-state index contributed by atoms with van der Waals surface area (Å²) < 4.78 is 4.93. The number of esters is 1. The molecule has 0 aromatic carbocycles. The van der Waals surface area contributed by atoms with Gasteiger partial charge in [0.25, 0.3) is 0 Å². The zero-order valence-electron chi connectivity index (χ0n) is 13.7. The Labute approximate surface area is 130 Å². The van der Waals surface area contributed by atoms with Crippen molar-refractivity contribution in [3.8, 4) is 6.07 Å². The highest BCUT2D eigenvalue weighted by Crippen LogP contribution is 2.11. The van der Waals surface area contributed by atoms with Gasteiger partial charge in [-0.25, -0.2) is 4.79 Å². The number of nitriles is 1. The number of hydrogen-bond donors (Lipinski definition) is 0. The van der Waals surface area contributed by atoms with Gasteiger partial charge in [0.05, 0.1) is 6.61 Å².